The highest BCUT2D eigenvalue weighted by molar-refractivity contribution is 6.08. The summed E-state index contributed by atoms with van der Waals surface area (Å²) in [5.74, 6) is 0.902. The molecular formula is C19H17N5O2. The van der Waals surface area contributed by atoms with Crippen LogP contribution >= 0.6 is 0 Å². The summed E-state index contributed by atoms with van der Waals surface area (Å²) in [7, 11) is 0. The molecule has 1 aliphatic rings. The summed E-state index contributed by atoms with van der Waals surface area (Å²) in [5.41, 5.74) is 3.37. The van der Waals surface area contributed by atoms with Gasteiger partial charge in [-0.05, 0) is 30.2 Å². The van der Waals surface area contributed by atoms with Crippen molar-refractivity contribution in [3.05, 3.63) is 77.5 Å². The van der Waals surface area contributed by atoms with Crippen molar-refractivity contribution >= 4 is 18.1 Å². The number of aryl methyl sites for hydroxylation is 1. The molecule has 0 saturated heterocycles. The van der Waals surface area contributed by atoms with Crippen LogP contribution in [-0.2, 0) is 6.61 Å². The van der Waals surface area contributed by atoms with Crippen LogP contribution in [0.5, 0.6) is 5.75 Å². The molecule has 3 rings (SSSR count). The molecule has 0 saturated carbocycles. The molecule has 1 heterocycles. The molecule has 0 radical (unpaired) electrons. The van der Waals surface area contributed by atoms with Crippen LogP contribution in [0.1, 0.15) is 16.7 Å². The van der Waals surface area contributed by atoms with Crippen LogP contribution in [0, 0.1) is 6.92 Å². The van der Waals surface area contributed by atoms with Gasteiger partial charge in [0.05, 0.1) is 6.21 Å². The van der Waals surface area contributed by atoms with Gasteiger partial charge >= 0.3 is 6.03 Å². The number of ether oxygens (including phenoxy) is 1. The summed E-state index contributed by atoms with van der Waals surface area (Å²) in [4.78, 5) is 11.1. The third-order valence-corrected chi connectivity index (χ3v) is 3.51. The van der Waals surface area contributed by atoms with Crippen molar-refractivity contribution in [3.63, 3.8) is 0 Å². The number of amidine groups is 1. The van der Waals surface area contributed by atoms with Gasteiger partial charge in [-0.25, -0.2) is 4.79 Å². The molecule has 1 N–H and O–H groups in total. The second-order valence-electron chi connectivity index (χ2n) is 5.62. The van der Waals surface area contributed by atoms with Gasteiger partial charge in [0, 0.05) is 0 Å². The van der Waals surface area contributed by atoms with Crippen LogP contribution in [0.25, 0.3) is 0 Å². The highest BCUT2D eigenvalue weighted by Gasteiger charge is 2.13. The Morgan fingerprint density at radius 3 is 2.81 bits per heavy atom. The molecule has 2 aromatic rings. The van der Waals surface area contributed by atoms with Crippen molar-refractivity contribution in [2.24, 2.45) is 20.4 Å². The SMILES string of the molecule is C=C1N=NC(=O)N/C1=N/N=C/c1cccc(OCc2ccc(C)cc2)c1. The lowest BCUT2D eigenvalue weighted by Crippen LogP contribution is -2.31. The lowest BCUT2D eigenvalue weighted by molar-refractivity contribution is 0.251. The average molecular weight is 347 g/mol. The zero-order valence-electron chi connectivity index (χ0n) is 14.2. The van der Waals surface area contributed by atoms with Crippen molar-refractivity contribution in [1.82, 2.24) is 5.32 Å². The third-order valence-electron chi connectivity index (χ3n) is 3.51. The van der Waals surface area contributed by atoms with Crippen molar-refractivity contribution in [1.29, 1.82) is 0 Å². The molecule has 0 bridgehead atoms. The molecule has 0 aliphatic carbocycles. The highest BCUT2D eigenvalue weighted by atomic mass is 16.5. The first-order chi connectivity index (χ1) is 12.6. The monoisotopic (exact) mass is 347 g/mol. The zero-order valence-corrected chi connectivity index (χ0v) is 14.2. The van der Waals surface area contributed by atoms with Gasteiger partial charge in [0.1, 0.15) is 18.1 Å². The summed E-state index contributed by atoms with van der Waals surface area (Å²) in [6.07, 6.45) is 1.55. The molecule has 1 aliphatic heterocycles. The molecule has 0 unspecified atom stereocenters. The van der Waals surface area contributed by atoms with Gasteiger partial charge < -0.3 is 4.74 Å². The smallest absolute Gasteiger partial charge is 0.365 e. The van der Waals surface area contributed by atoms with Gasteiger partial charge in [0.15, 0.2) is 5.84 Å². The minimum Gasteiger partial charge on any atom is -0.489 e. The van der Waals surface area contributed by atoms with E-state index in [0.717, 1.165) is 16.9 Å². The fourth-order valence-electron chi connectivity index (χ4n) is 2.12. The second-order valence-corrected chi connectivity index (χ2v) is 5.62. The highest BCUT2D eigenvalue weighted by Crippen LogP contribution is 2.15. The molecule has 0 atom stereocenters. The second kappa shape index (κ2) is 7.98. The van der Waals surface area contributed by atoms with E-state index in [4.69, 9.17) is 4.74 Å². The number of azo groups is 1. The predicted octanol–water partition coefficient (Wildman–Crippen LogP) is 4.00. The van der Waals surface area contributed by atoms with E-state index in [-0.39, 0.29) is 11.5 Å². The number of nitrogens with one attached hydrogen (secondary N) is 1. The van der Waals surface area contributed by atoms with Gasteiger partial charge in [-0.3, -0.25) is 5.32 Å². The van der Waals surface area contributed by atoms with E-state index >= 15 is 0 Å². The average Bonchev–Trinajstić information content (AvgIpc) is 2.64. The molecule has 26 heavy (non-hydrogen) atoms. The van der Waals surface area contributed by atoms with E-state index in [2.05, 4.69) is 44.5 Å². The maximum atomic E-state index is 11.1. The molecule has 0 spiro atoms. The third kappa shape index (κ3) is 4.70. The van der Waals surface area contributed by atoms with Crippen LogP contribution in [-0.4, -0.2) is 18.1 Å². The Morgan fingerprint density at radius 1 is 1.19 bits per heavy atom. The predicted molar refractivity (Wildman–Crippen MR) is 99.5 cm³/mol. The van der Waals surface area contributed by atoms with Crippen molar-refractivity contribution in [2.45, 2.75) is 13.5 Å². The summed E-state index contributed by atoms with van der Waals surface area (Å²) in [5, 5.41) is 17.2. The lowest BCUT2D eigenvalue weighted by atomic mass is 10.2. The van der Waals surface area contributed by atoms with E-state index in [1.807, 2.05) is 43.3 Å². The van der Waals surface area contributed by atoms with Crippen LogP contribution in [0.4, 0.5) is 4.79 Å². The first-order valence-corrected chi connectivity index (χ1v) is 7.91. The number of amides is 2. The summed E-state index contributed by atoms with van der Waals surface area (Å²) in [6, 6.07) is 15.1. The summed E-state index contributed by atoms with van der Waals surface area (Å²) in [6.45, 7) is 6.16. The summed E-state index contributed by atoms with van der Waals surface area (Å²) < 4.78 is 5.80. The van der Waals surface area contributed by atoms with E-state index < -0.39 is 6.03 Å². The Morgan fingerprint density at radius 2 is 2.00 bits per heavy atom. The van der Waals surface area contributed by atoms with E-state index in [1.54, 1.807) is 6.21 Å². The molecule has 0 fully saturated rings. The molecule has 7 nitrogen and oxygen atoms in total. The molecule has 7 heteroatoms. The zero-order chi connectivity index (χ0) is 18.4. The number of benzene rings is 2. The van der Waals surface area contributed by atoms with Gasteiger partial charge in [0.2, 0.25) is 0 Å². The van der Waals surface area contributed by atoms with E-state index in [9.17, 15) is 4.79 Å². The minimum atomic E-state index is -0.599. The Balaban J connectivity index is 1.63. The number of nitrogens with zero attached hydrogens (tertiary/aromatic N) is 4. The number of carbonyl (C=O) groups is 1. The van der Waals surface area contributed by atoms with Gasteiger partial charge in [-0.15, -0.1) is 10.2 Å². The molecule has 130 valence electrons. The number of hydrogen-bond acceptors (Lipinski definition) is 5. The van der Waals surface area contributed by atoms with Crippen LogP contribution in [0.15, 0.2) is 81.2 Å². The fourth-order valence-corrected chi connectivity index (χ4v) is 2.12. The van der Waals surface area contributed by atoms with Gasteiger partial charge in [-0.2, -0.15) is 5.10 Å². The van der Waals surface area contributed by atoms with Crippen molar-refractivity contribution in [3.8, 4) is 5.75 Å². The number of urea groups is 1. The topological polar surface area (TPSA) is 87.8 Å². The lowest BCUT2D eigenvalue weighted by Gasteiger charge is -2.07. The Hall–Kier alpha value is -3.61. The first kappa shape index (κ1) is 17.2. The number of hydrogen-bond donors (Lipinski definition) is 1. The molecule has 2 amide bonds. The van der Waals surface area contributed by atoms with Crippen LogP contribution in [0.2, 0.25) is 0 Å². The fraction of sp³-hybridized carbons (Fsp3) is 0.105. The Kier molecular flexibility index (Phi) is 5.28. The van der Waals surface area contributed by atoms with Crippen LogP contribution < -0.4 is 10.1 Å². The summed E-state index contributed by atoms with van der Waals surface area (Å²) >= 11 is 0. The van der Waals surface area contributed by atoms with E-state index in [0.29, 0.717) is 6.61 Å². The maximum absolute atomic E-state index is 11.1. The first-order valence-electron chi connectivity index (χ1n) is 7.91. The van der Waals surface area contributed by atoms with Gasteiger partial charge in [0.25, 0.3) is 0 Å². The van der Waals surface area contributed by atoms with E-state index in [1.165, 1.54) is 5.56 Å². The van der Waals surface area contributed by atoms with Crippen LogP contribution in [0.3, 0.4) is 0 Å². The molecular weight excluding hydrogens is 330 g/mol. The Bertz CT molecular complexity index is 914. The molecule has 2 aromatic carbocycles. The quantitative estimate of drug-likeness (QED) is 0.654. The van der Waals surface area contributed by atoms with Gasteiger partial charge in [-0.1, -0.05) is 53.7 Å². The number of carbonyl (C=O) groups excluding carboxylic acids is 1. The normalized spacial score (nSPS) is 15.5. The molecule has 0 aromatic heterocycles. The minimum absolute atomic E-state index is 0.174. The standard InChI is InChI=1S/C19H17N5O2/c1-13-6-8-15(9-7-13)12-26-17-5-3-4-16(10-17)11-20-23-18-14(2)22-24-19(25)21-18/h3-11H,2,12H2,1H3,(H,21,23,25)/b20-11+. The van der Waals surface area contributed by atoms with Crippen molar-refractivity contribution < 1.29 is 9.53 Å². The largest absolute Gasteiger partial charge is 0.489 e. The maximum Gasteiger partial charge on any atom is 0.365 e. The Labute approximate surface area is 150 Å². The van der Waals surface area contributed by atoms with Crippen molar-refractivity contribution in [2.75, 3.05) is 0 Å². The number of rotatable bonds is 5.